The van der Waals surface area contributed by atoms with Gasteiger partial charge in [-0.25, -0.2) is 0 Å². The summed E-state index contributed by atoms with van der Waals surface area (Å²) in [5.41, 5.74) is 2.96. The summed E-state index contributed by atoms with van der Waals surface area (Å²) in [6, 6.07) is 17.5. The zero-order valence-electron chi connectivity index (χ0n) is 17.9. The highest BCUT2D eigenvalue weighted by atomic mass is 32.1. The van der Waals surface area contributed by atoms with Gasteiger partial charge < -0.3 is 9.80 Å². The van der Waals surface area contributed by atoms with Gasteiger partial charge in [-0.15, -0.1) is 11.3 Å². The highest BCUT2D eigenvalue weighted by molar-refractivity contribution is 7.10. The number of rotatable bonds is 6. The molecule has 1 aliphatic heterocycles. The summed E-state index contributed by atoms with van der Waals surface area (Å²) < 4.78 is 0. The number of benzene rings is 1. The number of aryl methyl sites for hydroxylation is 1. The number of piperidine rings is 1. The van der Waals surface area contributed by atoms with Gasteiger partial charge in [0.05, 0.1) is 12.0 Å². The molecule has 0 bridgehead atoms. The van der Waals surface area contributed by atoms with Crippen LogP contribution in [0, 0.1) is 12.8 Å². The predicted molar refractivity (Wildman–Crippen MR) is 124 cm³/mol. The number of amides is 2. The van der Waals surface area contributed by atoms with Crippen LogP contribution in [0.1, 0.15) is 35.0 Å². The first-order chi connectivity index (χ1) is 15.0. The number of thiophene rings is 1. The first kappa shape index (κ1) is 21.2. The molecule has 0 spiro atoms. The molecule has 2 atom stereocenters. The molecule has 0 radical (unpaired) electrons. The van der Waals surface area contributed by atoms with Gasteiger partial charge in [0.15, 0.2) is 0 Å². The van der Waals surface area contributed by atoms with Gasteiger partial charge >= 0.3 is 0 Å². The van der Waals surface area contributed by atoms with Crippen LogP contribution in [0.25, 0.3) is 0 Å². The Morgan fingerprint density at radius 1 is 1.16 bits per heavy atom. The van der Waals surface area contributed by atoms with Crippen LogP contribution in [0.5, 0.6) is 0 Å². The van der Waals surface area contributed by atoms with Gasteiger partial charge in [-0.05, 0) is 49.1 Å². The summed E-state index contributed by atoms with van der Waals surface area (Å²) in [5, 5.41) is 2.01. The molecule has 6 heteroatoms. The average Bonchev–Trinajstić information content (AvgIpc) is 3.33. The normalized spacial score (nSPS) is 18.8. The maximum absolute atomic E-state index is 13.5. The Bertz CT molecular complexity index is 1020. The number of nitrogens with zero attached hydrogens (tertiary/aromatic N) is 3. The lowest BCUT2D eigenvalue weighted by molar-refractivity contribution is -0.137. The quantitative estimate of drug-likeness (QED) is 0.569. The van der Waals surface area contributed by atoms with Crippen molar-refractivity contribution >= 4 is 28.8 Å². The van der Waals surface area contributed by atoms with E-state index in [0.717, 1.165) is 21.8 Å². The molecule has 3 heterocycles. The highest BCUT2D eigenvalue weighted by Crippen LogP contribution is 2.42. The molecule has 1 aromatic carbocycles. The van der Waals surface area contributed by atoms with Crippen molar-refractivity contribution in [3.05, 3.63) is 82.3 Å². The Morgan fingerprint density at radius 3 is 2.65 bits per heavy atom. The summed E-state index contributed by atoms with van der Waals surface area (Å²) in [7, 11) is 1.85. The molecule has 5 nitrogen and oxygen atoms in total. The van der Waals surface area contributed by atoms with Crippen LogP contribution in [0.15, 0.2) is 66.2 Å². The van der Waals surface area contributed by atoms with Crippen molar-refractivity contribution in [3.8, 4) is 0 Å². The number of likely N-dealkylation sites (N-methyl/N-ethyl adjacent to an activating group) is 1. The van der Waals surface area contributed by atoms with Crippen molar-refractivity contribution in [2.45, 2.75) is 32.2 Å². The average molecular weight is 434 g/mol. The minimum Gasteiger partial charge on any atom is -0.345 e. The van der Waals surface area contributed by atoms with Crippen LogP contribution >= 0.6 is 11.3 Å². The third-order valence-electron chi connectivity index (χ3n) is 5.87. The first-order valence-electron chi connectivity index (χ1n) is 10.6. The lowest BCUT2D eigenvalue weighted by Gasteiger charge is -2.41. The standard InChI is InChI=1S/C25H27N3O2S/c1-18-8-10-20(11-9-18)28-23(29)13-12-21(24(28)22-7-5-17-31-22)25(30)27(2)16-14-19-6-3-4-15-26-19/h3-11,15,17,21,24H,12-14,16H2,1-2H3. The second-order valence-corrected chi connectivity index (χ2v) is 9.01. The molecular weight excluding hydrogens is 406 g/mol. The minimum atomic E-state index is -0.284. The van der Waals surface area contributed by atoms with Gasteiger partial charge in [-0.2, -0.15) is 0 Å². The molecule has 31 heavy (non-hydrogen) atoms. The molecule has 3 aromatic rings. The number of aromatic nitrogens is 1. The number of hydrogen-bond donors (Lipinski definition) is 0. The van der Waals surface area contributed by atoms with Crippen LogP contribution < -0.4 is 4.90 Å². The molecule has 1 aliphatic rings. The van der Waals surface area contributed by atoms with E-state index in [4.69, 9.17) is 0 Å². The zero-order valence-corrected chi connectivity index (χ0v) is 18.7. The van der Waals surface area contributed by atoms with E-state index in [0.29, 0.717) is 25.8 Å². The fraction of sp³-hybridized carbons (Fsp3) is 0.320. The van der Waals surface area contributed by atoms with Crippen molar-refractivity contribution in [1.82, 2.24) is 9.88 Å². The summed E-state index contributed by atoms with van der Waals surface area (Å²) in [6.07, 6.45) is 3.42. The molecule has 0 saturated carbocycles. The van der Waals surface area contributed by atoms with Crippen LogP contribution in [0.4, 0.5) is 5.69 Å². The number of carbonyl (C=O) groups is 2. The van der Waals surface area contributed by atoms with E-state index >= 15 is 0 Å². The van der Waals surface area contributed by atoms with Crippen LogP contribution in [0.2, 0.25) is 0 Å². The summed E-state index contributed by atoms with van der Waals surface area (Å²) in [4.78, 5) is 35.6. The van der Waals surface area contributed by atoms with E-state index in [2.05, 4.69) is 4.98 Å². The minimum absolute atomic E-state index is 0.0717. The van der Waals surface area contributed by atoms with Gasteiger partial charge in [0.2, 0.25) is 11.8 Å². The lowest BCUT2D eigenvalue weighted by Crippen LogP contribution is -2.48. The molecular formula is C25H27N3O2S. The molecule has 1 fully saturated rings. The van der Waals surface area contributed by atoms with E-state index < -0.39 is 0 Å². The number of carbonyl (C=O) groups excluding carboxylic acids is 2. The number of hydrogen-bond acceptors (Lipinski definition) is 4. The van der Waals surface area contributed by atoms with Crippen LogP contribution in [-0.2, 0) is 16.0 Å². The van der Waals surface area contributed by atoms with Crippen molar-refractivity contribution in [2.24, 2.45) is 5.92 Å². The van der Waals surface area contributed by atoms with E-state index in [9.17, 15) is 9.59 Å². The largest absolute Gasteiger partial charge is 0.345 e. The van der Waals surface area contributed by atoms with E-state index in [-0.39, 0.29) is 23.8 Å². The predicted octanol–water partition coefficient (Wildman–Crippen LogP) is 4.64. The Morgan fingerprint density at radius 2 is 1.97 bits per heavy atom. The summed E-state index contributed by atoms with van der Waals surface area (Å²) in [5.74, 6) is -0.118. The fourth-order valence-corrected chi connectivity index (χ4v) is 5.05. The lowest BCUT2D eigenvalue weighted by atomic mass is 9.86. The molecule has 2 aromatic heterocycles. The Labute approximate surface area is 187 Å². The monoisotopic (exact) mass is 433 g/mol. The maximum Gasteiger partial charge on any atom is 0.227 e. The van der Waals surface area contributed by atoms with E-state index in [1.165, 1.54) is 0 Å². The van der Waals surface area contributed by atoms with Crippen LogP contribution in [0.3, 0.4) is 0 Å². The molecule has 160 valence electrons. The molecule has 2 amide bonds. The SMILES string of the molecule is Cc1ccc(N2C(=O)CCC(C(=O)N(C)CCc3ccccn3)C2c2cccs2)cc1. The fourth-order valence-electron chi connectivity index (χ4n) is 4.17. The molecule has 0 N–H and O–H groups in total. The molecule has 2 unspecified atom stereocenters. The van der Waals surface area contributed by atoms with Gasteiger partial charge in [-0.3, -0.25) is 14.6 Å². The third kappa shape index (κ3) is 4.69. The summed E-state index contributed by atoms with van der Waals surface area (Å²) >= 11 is 1.60. The zero-order chi connectivity index (χ0) is 21.8. The van der Waals surface area contributed by atoms with E-state index in [1.807, 2.05) is 78.8 Å². The van der Waals surface area contributed by atoms with E-state index in [1.54, 1.807) is 22.4 Å². The Balaban J connectivity index is 1.60. The van der Waals surface area contributed by atoms with Crippen molar-refractivity contribution in [3.63, 3.8) is 0 Å². The van der Waals surface area contributed by atoms with Crippen LogP contribution in [-0.4, -0.2) is 35.3 Å². The van der Waals surface area contributed by atoms with Gasteiger partial charge in [-0.1, -0.05) is 29.8 Å². The van der Waals surface area contributed by atoms with Gasteiger partial charge in [0.25, 0.3) is 0 Å². The van der Waals surface area contributed by atoms with Gasteiger partial charge in [0.1, 0.15) is 0 Å². The smallest absolute Gasteiger partial charge is 0.227 e. The van der Waals surface area contributed by atoms with Gasteiger partial charge in [0, 0.05) is 48.9 Å². The second kappa shape index (κ2) is 9.43. The second-order valence-electron chi connectivity index (χ2n) is 8.04. The maximum atomic E-state index is 13.5. The third-order valence-corrected chi connectivity index (χ3v) is 6.81. The molecule has 1 saturated heterocycles. The van der Waals surface area contributed by atoms with Crippen molar-refractivity contribution in [1.29, 1.82) is 0 Å². The molecule has 0 aliphatic carbocycles. The Hall–Kier alpha value is -2.99. The van der Waals surface area contributed by atoms with Crippen molar-refractivity contribution < 1.29 is 9.59 Å². The number of anilines is 1. The van der Waals surface area contributed by atoms with Crippen molar-refractivity contribution in [2.75, 3.05) is 18.5 Å². The first-order valence-corrected chi connectivity index (χ1v) is 11.5. The number of pyridine rings is 1. The summed E-state index contributed by atoms with van der Waals surface area (Å²) in [6.45, 7) is 2.63. The Kier molecular flexibility index (Phi) is 6.47. The molecule has 4 rings (SSSR count). The topological polar surface area (TPSA) is 53.5 Å². The highest BCUT2D eigenvalue weighted by Gasteiger charge is 2.42.